The Morgan fingerprint density at radius 2 is 1.86 bits per heavy atom. The van der Waals surface area contributed by atoms with Gasteiger partial charge in [0, 0.05) is 24.7 Å². The SMILES string of the molecule is C=CCOC(=O)N(C(=O)c1c(C)c(C(=O)OCC)nn1-c1ccc(OC)cc1)C1CCN(N)CC1. The summed E-state index contributed by atoms with van der Waals surface area (Å²) in [5, 5.41) is 6.03. The van der Waals surface area contributed by atoms with Gasteiger partial charge in [0.25, 0.3) is 5.91 Å². The number of benzene rings is 1. The Labute approximate surface area is 204 Å². The topological polar surface area (TPSA) is 129 Å². The van der Waals surface area contributed by atoms with E-state index < -0.39 is 24.0 Å². The van der Waals surface area contributed by atoms with Gasteiger partial charge in [-0.25, -0.2) is 24.2 Å². The monoisotopic (exact) mass is 485 g/mol. The molecule has 188 valence electrons. The van der Waals surface area contributed by atoms with E-state index in [0.717, 1.165) is 4.90 Å². The van der Waals surface area contributed by atoms with Gasteiger partial charge in [-0.15, -0.1) is 0 Å². The van der Waals surface area contributed by atoms with Crippen LogP contribution in [0.4, 0.5) is 4.79 Å². The number of hydrogen-bond donors (Lipinski definition) is 1. The highest BCUT2D eigenvalue weighted by Crippen LogP contribution is 2.26. The van der Waals surface area contributed by atoms with Crippen molar-refractivity contribution < 1.29 is 28.6 Å². The highest BCUT2D eigenvalue weighted by atomic mass is 16.6. The Kier molecular flexibility index (Phi) is 8.61. The molecule has 2 heterocycles. The number of carbonyl (C=O) groups excluding carboxylic acids is 3. The van der Waals surface area contributed by atoms with Crippen molar-refractivity contribution in [1.29, 1.82) is 0 Å². The highest BCUT2D eigenvalue weighted by Gasteiger charge is 2.38. The summed E-state index contributed by atoms with van der Waals surface area (Å²) in [7, 11) is 1.54. The van der Waals surface area contributed by atoms with Crippen LogP contribution in [-0.2, 0) is 9.47 Å². The number of nitrogens with two attached hydrogens (primary N) is 1. The minimum atomic E-state index is -0.801. The number of hydrogen-bond acceptors (Lipinski definition) is 9. The third-order valence-corrected chi connectivity index (χ3v) is 5.71. The fraction of sp³-hybridized carbons (Fsp3) is 0.417. The van der Waals surface area contributed by atoms with Gasteiger partial charge in [-0.1, -0.05) is 12.7 Å². The Bertz CT molecular complexity index is 1070. The number of amides is 2. The second-order valence-corrected chi connectivity index (χ2v) is 7.96. The Morgan fingerprint density at radius 3 is 2.43 bits per heavy atom. The number of imide groups is 1. The van der Waals surface area contributed by atoms with Gasteiger partial charge in [-0.2, -0.15) is 5.10 Å². The molecule has 1 aliphatic rings. The summed E-state index contributed by atoms with van der Waals surface area (Å²) in [6.45, 7) is 7.95. The number of rotatable bonds is 8. The maximum absolute atomic E-state index is 14.0. The summed E-state index contributed by atoms with van der Waals surface area (Å²) in [4.78, 5) is 40.7. The molecule has 11 heteroatoms. The molecule has 1 saturated heterocycles. The molecular weight excluding hydrogens is 454 g/mol. The lowest BCUT2D eigenvalue weighted by atomic mass is 10.0. The lowest BCUT2D eigenvalue weighted by Gasteiger charge is -2.35. The molecule has 2 amide bonds. The summed E-state index contributed by atoms with van der Waals surface area (Å²) >= 11 is 0. The molecule has 1 aromatic carbocycles. The lowest BCUT2D eigenvalue weighted by molar-refractivity contribution is 0.0485. The predicted octanol–water partition coefficient (Wildman–Crippen LogP) is 2.47. The van der Waals surface area contributed by atoms with E-state index in [1.54, 1.807) is 50.2 Å². The zero-order valence-electron chi connectivity index (χ0n) is 20.2. The molecule has 0 spiro atoms. The smallest absolute Gasteiger partial charge is 0.417 e. The molecule has 0 bridgehead atoms. The second kappa shape index (κ2) is 11.6. The standard InChI is InChI=1S/C24H31N5O6/c1-5-15-35-24(32)28(17-11-13-27(25)14-12-17)22(30)21-16(3)20(23(31)34-6-2)26-29(21)18-7-9-19(33-4)10-8-18/h5,7-10,17H,1,6,11-15,25H2,2-4H3. The van der Waals surface area contributed by atoms with Crippen molar-refractivity contribution in [3.8, 4) is 11.4 Å². The normalized spacial score (nSPS) is 14.3. The van der Waals surface area contributed by atoms with Crippen LogP contribution in [0.5, 0.6) is 5.75 Å². The molecule has 0 radical (unpaired) electrons. The van der Waals surface area contributed by atoms with Crippen LogP contribution >= 0.6 is 0 Å². The molecule has 0 aliphatic carbocycles. The van der Waals surface area contributed by atoms with E-state index in [1.807, 2.05) is 0 Å². The van der Waals surface area contributed by atoms with Gasteiger partial charge in [0.1, 0.15) is 18.1 Å². The molecule has 1 aromatic heterocycles. The Morgan fingerprint density at radius 1 is 1.20 bits per heavy atom. The summed E-state index contributed by atoms with van der Waals surface area (Å²) in [6, 6.07) is 6.37. The van der Waals surface area contributed by atoms with E-state index in [9.17, 15) is 14.4 Å². The number of nitrogens with zero attached hydrogens (tertiary/aromatic N) is 4. The van der Waals surface area contributed by atoms with Gasteiger partial charge in [-0.3, -0.25) is 10.6 Å². The molecule has 11 nitrogen and oxygen atoms in total. The van der Waals surface area contributed by atoms with Gasteiger partial charge in [-0.05, 0) is 51.0 Å². The lowest BCUT2D eigenvalue weighted by Crippen LogP contribution is -2.52. The van der Waals surface area contributed by atoms with Crippen molar-refractivity contribution in [2.75, 3.05) is 33.4 Å². The molecule has 2 N–H and O–H groups in total. The number of ether oxygens (including phenoxy) is 3. The summed E-state index contributed by atoms with van der Waals surface area (Å²) in [5.41, 5.74) is 0.845. The Balaban J connectivity index is 2.11. The number of aromatic nitrogens is 2. The molecular formula is C24H31N5O6. The molecule has 0 atom stereocenters. The molecule has 2 aromatic rings. The molecule has 1 aliphatic heterocycles. The van der Waals surface area contributed by atoms with Gasteiger partial charge >= 0.3 is 12.1 Å². The highest BCUT2D eigenvalue weighted by molar-refractivity contribution is 6.05. The third kappa shape index (κ3) is 5.69. The van der Waals surface area contributed by atoms with Crippen molar-refractivity contribution >= 4 is 18.0 Å². The van der Waals surface area contributed by atoms with Gasteiger partial charge in [0.15, 0.2) is 5.69 Å². The molecule has 0 unspecified atom stereocenters. The van der Waals surface area contributed by atoms with Crippen LogP contribution in [0.3, 0.4) is 0 Å². The first kappa shape index (κ1) is 25.9. The zero-order valence-corrected chi connectivity index (χ0v) is 20.2. The number of methoxy groups -OCH3 is 1. The fourth-order valence-electron chi connectivity index (χ4n) is 3.91. The first-order valence-corrected chi connectivity index (χ1v) is 11.3. The number of esters is 1. The van der Waals surface area contributed by atoms with Crippen molar-refractivity contribution in [3.05, 3.63) is 53.9 Å². The van der Waals surface area contributed by atoms with Crippen LogP contribution in [0, 0.1) is 6.92 Å². The largest absolute Gasteiger partial charge is 0.497 e. The molecule has 1 fully saturated rings. The van der Waals surface area contributed by atoms with E-state index in [4.69, 9.17) is 20.1 Å². The molecule has 0 saturated carbocycles. The quantitative estimate of drug-likeness (QED) is 0.340. The number of carbonyl (C=O) groups is 3. The minimum Gasteiger partial charge on any atom is -0.497 e. The first-order chi connectivity index (χ1) is 16.8. The average Bonchev–Trinajstić information content (AvgIpc) is 3.21. The first-order valence-electron chi connectivity index (χ1n) is 11.3. The van der Waals surface area contributed by atoms with Crippen LogP contribution < -0.4 is 10.6 Å². The van der Waals surface area contributed by atoms with Crippen LogP contribution in [0.1, 0.15) is 46.3 Å². The van der Waals surface area contributed by atoms with E-state index >= 15 is 0 Å². The number of piperidine rings is 1. The van der Waals surface area contributed by atoms with Gasteiger partial charge in [0.05, 0.1) is 19.4 Å². The molecule has 35 heavy (non-hydrogen) atoms. The van der Waals surface area contributed by atoms with E-state index in [1.165, 1.54) is 10.8 Å². The zero-order chi connectivity index (χ0) is 25.5. The van der Waals surface area contributed by atoms with Crippen LogP contribution in [-0.4, -0.2) is 77.1 Å². The van der Waals surface area contributed by atoms with Crippen LogP contribution in [0.15, 0.2) is 36.9 Å². The average molecular weight is 486 g/mol. The van der Waals surface area contributed by atoms with Crippen LogP contribution in [0.25, 0.3) is 5.69 Å². The Hall–Kier alpha value is -3.70. The number of hydrazine groups is 1. The van der Waals surface area contributed by atoms with Gasteiger partial charge < -0.3 is 14.2 Å². The summed E-state index contributed by atoms with van der Waals surface area (Å²) in [5.74, 6) is 5.19. The fourth-order valence-corrected chi connectivity index (χ4v) is 3.91. The van der Waals surface area contributed by atoms with Crippen molar-refractivity contribution in [2.24, 2.45) is 5.84 Å². The predicted molar refractivity (Wildman–Crippen MR) is 127 cm³/mol. The van der Waals surface area contributed by atoms with Crippen molar-refractivity contribution in [3.63, 3.8) is 0 Å². The van der Waals surface area contributed by atoms with E-state index in [-0.39, 0.29) is 24.6 Å². The second-order valence-electron chi connectivity index (χ2n) is 7.96. The van der Waals surface area contributed by atoms with E-state index in [0.29, 0.717) is 42.9 Å². The van der Waals surface area contributed by atoms with Crippen LogP contribution in [0.2, 0.25) is 0 Å². The van der Waals surface area contributed by atoms with E-state index in [2.05, 4.69) is 11.7 Å². The maximum Gasteiger partial charge on any atom is 0.417 e. The molecule has 3 rings (SSSR count). The maximum atomic E-state index is 14.0. The minimum absolute atomic E-state index is 0.0118. The summed E-state index contributed by atoms with van der Waals surface area (Å²) < 4.78 is 16.9. The van der Waals surface area contributed by atoms with Crippen molar-refractivity contribution in [1.82, 2.24) is 19.7 Å². The third-order valence-electron chi connectivity index (χ3n) is 5.71. The van der Waals surface area contributed by atoms with Gasteiger partial charge in [0.2, 0.25) is 0 Å². The summed E-state index contributed by atoms with van der Waals surface area (Å²) in [6.07, 6.45) is 1.58. The van der Waals surface area contributed by atoms with Crippen molar-refractivity contribution in [2.45, 2.75) is 32.7 Å².